The SMILES string of the molecule is C=CC(CSc1ccc(C)cc1)NC. The number of rotatable bonds is 5. The van der Waals surface area contributed by atoms with Crippen molar-refractivity contribution < 1.29 is 0 Å². The first-order valence-corrected chi connectivity index (χ1v) is 5.74. The Hall–Kier alpha value is -0.730. The molecule has 1 atom stereocenters. The van der Waals surface area contributed by atoms with Gasteiger partial charge in [-0.05, 0) is 26.1 Å². The molecule has 0 bridgehead atoms. The van der Waals surface area contributed by atoms with Crippen LogP contribution in [0.3, 0.4) is 0 Å². The van der Waals surface area contributed by atoms with Crippen LogP contribution in [0.25, 0.3) is 0 Å². The molecule has 1 nitrogen and oxygen atoms in total. The van der Waals surface area contributed by atoms with Gasteiger partial charge < -0.3 is 5.32 Å². The van der Waals surface area contributed by atoms with Crippen molar-refractivity contribution in [3.8, 4) is 0 Å². The Morgan fingerprint density at radius 1 is 1.43 bits per heavy atom. The molecule has 2 heteroatoms. The van der Waals surface area contributed by atoms with Crippen molar-refractivity contribution in [1.29, 1.82) is 0 Å². The predicted molar refractivity (Wildman–Crippen MR) is 64.9 cm³/mol. The highest BCUT2D eigenvalue weighted by molar-refractivity contribution is 7.99. The summed E-state index contributed by atoms with van der Waals surface area (Å²) in [4.78, 5) is 1.32. The highest BCUT2D eigenvalue weighted by atomic mass is 32.2. The second-order valence-electron chi connectivity index (χ2n) is 3.25. The van der Waals surface area contributed by atoms with Crippen molar-refractivity contribution >= 4 is 11.8 Å². The van der Waals surface area contributed by atoms with Crippen LogP contribution in [0.1, 0.15) is 5.56 Å². The number of hydrogen-bond acceptors (Lipinski definition) is 2. The normalized spacial score (nSPS) is 12.4. The van der Waals surface area contributed by atoms with E-state index in [1.165, 1.54) is 10.5 Å². The number of likely N-dealkylation sites (N-methyl/N-ethyl adjacent to an activating group) is 1. The zero-order valence-electron chi connectivity index (χ0n) is 8.79. The third-order valence-corrected chi connectivity index (χ3v) is 3.24. The van der Waals surface area contributed by atoms with E-state index in [1.807, 2.05) is 24.9 Å². The van der Waals surface area contributed by atoms with Gasteiger partial charge in [0.25, 0.3) is 0 Å². The van der Waals surface area contributed by atoms with E-state index in [0.29, 0.717) is 6.04 Å². The summed E-state index contributed by atoms with van der Waals surface area (Å²) in [5.41, 5.74) is 1.31. The van der Waals surface area contributed by atoms with E-state index in [2.05, 4.69) is 43.1 Å². The molecule has 0 saturated carbocycles. The number of benzene rings is 1. The third-order valence-electron chi connectivity index (χ3n) is 2.11. The minimum absolute atomic E-state index is 0.390. The highest BCUT2D eigenvalue weighted by Crippen LogP contribution is 2.19. The summed E-state index contributed by atoms with van der Waals surface area (Å²) in [5.74, 6) is 1.03. The highest BCUT2D eigenvalue weighted by Gasteiger charge is 2.01. The molecule has 0 saturated heterocycles. The topological polar surface area (TPSA) is 12.0 Å². The summed E-state index contributed by atoms with van der Waals surface area (Å²) < 4.78 is 0. The molecular weight excluding hydrogens is 190 g/mol. The van der Waals surface area contributed by atoms with Crippen LogP contribution in [-0.2, 0) is 0 Å². The van der Waals surface area contributed by atoms with Crippen molar-refractivity contribution in [3.05, 3.63) is 42.5 Å². The molecule has 1 rings (SSSR count). The molecule has 0 aliphatic heterocycles. The molecule has 0 amide bonds. The van der Waals surface area contributed by atoms with Gasteiger partial charge in [-0.15, -0.1) is 18.3 Å². The largest absolute Gasteiger partial charge is 0.313 e. The Bertz CT molecular complexity index is 279. The Morgan fingerprint density at radius 2 is 2.07 bits per heavy atom. The maximum absolute atomic E-state index is 3.78. The molecule has 1 aromatic rings. The molecule has 0 aliphatic rings. The van der Waals surface area contributed by atoms with Crippen molar-refractivity contribution in [2.45, 2.75) is 17.9 Å². The summed E-state index contributed by atoms with van der Waals surface area (Å²) in [6.45, 7) is 5.89. The van der Waals surface area contributed by atoms with Gasteiger partial charge in [-0.25, -0.2) is 0 Å². The lowest BCUT2D eigenvalue weighted by Crippen LogP contribution is -2.24. The van der Waals surface area contributed by atoms with Gasteiger partial charge in [0.15, 0.2) is 0 Å². The average molecular weight is 207 g/mol. The molecule has 14 heavy (non-hydrogen) atoms. The molecule has 1 unspecified atom stereocenters. The summed E-state index contributed by atoms with van der Waals surface area (Å²) in [7, 11) is 1.96. The van der Waals surface area contributed by atoms with E-state index in [4.69, 9.17) is 0 Å². The number of hydrogen-bond donors (Lipinski definition) is 1. The zero-order valence-corrected chi connectivity index (χ0v) is 9.60. The van der Waals surface area contributed by atoms with Gasteiger partial charge in [0.1, 0.15) is 0 Å². The first-order valence-electron chi connectivity index (χ1n) is 4.75. The molecule has 76 valence electrons. The Balaban J connectivity index is 2.45. The smallest absolute Gasteiger partial charge is 0.0339 e. The summed E-state index contributed by atoms with van der Waals surface area (Å²) in [6, 6.07) is 9.00. The van der Waals surface area contributed by atoms with Crippen LogP contribution >= 0.6 is 11.8 Å². The van der Waals surface area contributed by atoms with Gasteiger partial charge in [0.2, 0.25) is 0 Å². The monoisotopic (exact) mass is 207 g/mol. The standard InChI is InChI=1S/C12H17NS/c1-4-11(13-3)9-14-12-7-5-10(2)6-8-12/h4-8,11,13H,1,9H2,2-3H3. The van der Waals surface area contributed by atoms with Crippen molar-refractivity contribution in [2.75, 3.05) is 12.8 Å². The second kappa shape index (κ2) is 5.89. The molecule has 0 spiro atoms. The Morgan fingerprint density at radius 3 is 2.57 bits per heavy atom. The van der Waals surface area contributed by atoms with Gasteiger partial charge in [-0.3, -0.25) is 0 Å². The van der Waals surface area contributed by atoms with Gasteiger partial charge in [0.05, 0.1) is 0 Å². The van der Waals surface area contributed by atoms with Crippen LogP contribution in [0.5, 0.6) is 0 Å². The van der Waals surface area contributed by atoms with Crippen LogP contribution < -0.4 is 5.32 Å². The minimum Gasteiger partial charge on any atom is -0.313 e. The van der Waals surface area contributed by atoms with Crippen LogP contribution in [-0.4, -0.2) is 18.8 Å². The fourth-order valence-electron chi connectivity index (χ4n) is 1.09. The molecule has 0 radical (unpaired) electrons. The van der Waals surface area contributed by atoms with E-state index in [9.17, 15) is 0 Å². The molecule has 0 aliphatic carbocycles. The number of nitrogens with one attached hydrogen (secondary N) is 1. The van der Waals surface area contributed by atoms with E-state index in [0.717, 1.165) is 5.75 Å². The molecule has 0 aromatic heterocycles. The van der Waals surface area contributed by atoms with Gasteiger partial charge in [0, 0.05) is 16.7 Å². The molecule has 1 N–H and O–H groups in total. The van der Waals surface area contributed by atoms with E-state index >= 15 is 0 Å². The quantitative estimate of drug-likeness (QED) is 0.588. The summed E-state index contributed by atoms with van der Waals surface area (Å²) >= 11 is 1.85. The van der Waals surface area contributed by atoms with Gasteiger partial charge in [-0.1, -0.05) is 23.8 Å². The summed E-state index contributed by atoms with van der Waals surface area (Å²) in [6.07, 6.45) is 1.95. The number of thioether (sulfide) groups is 1. The maximum atomic E-state index is 3.78. The molecule has 0 heterocycles. The van der Waals surface area contributed by atoms with Gasteiger partial charge in [-0.2, -0.15) is 0 Å². The van der Waals surface area contributed by atoms with Crippen molar-refractivity contribution in [3.63, 3.8) is 0 Å². The number of aryl methyl sites for hydroxylation is 1. The third kappa shape index (κ3) is 3.56. The Kier molecular flexibility index (Phi) is 4.77. The van der Waals surface area contributed by atoms with Crippen molar-refractivity contribution in [2.24, 2.45) is 0 Å². The lowest BCUT2D eigenvalue weighted by Gasteiger charge is -2.10. The Labute approximate surface area is 90.6 Å². The molecular formula is C12H17NS. The minimum atomic E-state index is 0.390. The lowest BCUT2D eigenvalue weighted by atomic mass is 10.2. The maximum Gasteiger partial charge on any atom is 0.0339 e. The second-order valence-corrected chi connectivity index (χ2v) is 4.35. The van der Waals surface area contributed by atoms with E-state index in [-0.39, 0.29) is 0 Å². The van der Waals surface area contributed by atoms with Crippen molar-refractivity contribution in [1.82, 2.24) is 5.32 Å². The summed E-state index contributed by atoms with van der Waals surface area (Å²) in [5, 5.41) is 3.19. The van der Waals surface area contributed by atoms with Gasteiger partial charge >= 0.3 is 0 Å². The van der Waals surface area contributed by atoms with Crippen LogP contribution in [0, 0.1) is 6.92 Å². The first kappa shape index (κ1) is 11.3. The van der Waals surface area contributed by atoms with Crippen LogP contribution in [0.2, 0.25) is 0 Å². The van der Waals surface area contributed by atoms with E-state index in [1.54, 1.807) is 0 Å². The fourth-order valence-corrected chi connectivity index (χ4v) is 2.09. The van der Waals surface area contributed by atoms with Crippen LogP contribution in [0.4, 0.5) is 0 Å². The molecule has 0 fully saturated rings. The molecule has 1 aromatic carbocycles. The fraction of sp³-hybridized carbons (Fsp3) is 0.333. The van der Waals surface area contributed by atoms with E-state index < -0.39 is 0 Å². The predicted octanol–water partition coefficient (Wildman–Crippen LogP) is 2.86. The lowest BCUT2D eigenvalue weighted by molar-refractivity contribution is 0.740. The first-order chi connectivity index (χ1) is 6.76. The average Bonchev–Trinajstić information content (AvgIpc) is 2.22. The van der Waals surface area contributed by atoms with Crippen LogP contribution in [0.15, 0.2) is 41.8 Å². The zero-order chi connectivity index (χ0) is 10.4.